The smallest absolute Gasteiger partial charge is 0.229 e. The van der Waals surface area contributed by atoms with Crippen molar-refractivity contribution < 1.29 is 5.11 Å². The maximum absolute atomic E-state index is 10.5. The van der Waals surface area contributed by atoms with Crippen molar-refractivity contribution in [1.29, 1.82) is 0 Å². The van der Waals surface area contributed by atoms with Gasteiger partial charge in [0.1, 0.15) is 11.4 Å². The van der Waals surface area contributed by atoms with Gasteiger partial charge in [-0.25, -0.2) is 9.97 Å². The van der Waals surface area contributed by atoms with Gasteiger partial charge in [0.05, 0.1) is 5.69 Å². The second-order valence-corrected chi connectivity index (χ2v) is 10.1. The topological polar surface area (TPSA) is 82.3 Å². The number of aryl methyl sites for hydroxylation is 1. The Bertz CT molecular complexity index is 1330. The molecule has 1 aliphatic rings. The number of nitrogens with one attached hydrogen (secondary N) is 1. The van der Waals surface area contributed by atoms with E-state index >= 15 is 0 Å². The summed E-state index contributed by atoms with van der Waals surface area (Å²) in [4.78, 5) is 19.0. The standard InChI is InChI=1S/C28H35N7O/c1-5-7-23-18-20-19-29-27(30-21-10-12-22(13-11-21)34-16-14-33(4)15-17-34)32-26(20)35(23)25-9-6-8-24(31-25)28(2,3)36/h6,8-13,18-19,36H,5,7,14-17H2,1-4H3,(H,29,30,32). The Kier molecular flexibility index (Phi) is 6.64. The second-order valence-electron chi connectivity index (χ2n) is 10.1. The monoisotopic (exact) mass is 485 g/mol. The molecule has 1 fully saturated rings. The third-order valence-corrected chi connectivity index (χ3v) is 6.71. The first kappa shape index (κ1) is 24.2. The molecular formula is C28H35N7O. The first-order chi connectivity index (χ1) is 17.3. The van der Waals surface area contributed by atoms with Crippen molar-refractivity contribution in [3.05, 3.63) is 66.1 Å². The SMILES string of the molecule is CCCc1cc2cnc(Nc3ccc(N4CCN(C)CC4)cc3)nc2n1-c1cccc(C(C)(C)O)n1. The van der Waals surface area contributed by atoms with E-state index in [1.807, 2.05) is 24.4 Å². The summed E-state index contributed by atoms with van der Waals surface area (Å²) in [6.45, 7) is 9.92. The lowest BCUT2D eigenvalue weighted by atomic mass is 10.1. The molecule has 0 radical (unpaired) electrons. The highest BCUT2D eigenvalue weighted by atomic mass is 16.3. The van der Waals surface area contributed by atoms with E-state index in [1.54, 1.807) is 13.8 Å². The Hall–Kier alpha value is -3.49. The summed E-state index contributed by atoms with van der Waals surface area (Å²) < 4.78 is 2.08. The Morgan fingerprint density at radius 3 is 2.44 bits per heavy atom. The number of benzene rings is 1. The van der Waals surface area contributed by atoms with Crippen LogP contribution in [0, 0.1) is 0 Å². The van der Waals surface area contributed by atoms with Crippen LogP contribution >= 0.6 is 0 Å². The number of aromatic nitrogens is 4. The number of pyridine rings is 1. The molecule has 0 bridgehead atoms. The van der Waals surface area contributed by atoms with Crippen LogP contribution < -0.4 is 10.2 Å². The van der Waals surface area contributed by atoms with Crippen molar-refractivity contribution in [3.8, 4) is 5.82 Å². The zero-order valence-corrected chi connectivity index (χ0v) is 21.6. The van der Waals surface area contributed by atoms with E-state index in [9.17, 15) is 5.11 Å². The predicted octanol–water partition coefficient (Wildman–Crippen LogP) is 4.49. The number of piperazine rings is 1. The molecule has 5 rings (SSSR count). The van der Waals surface area contributed by atoms with Crippen molar-refractivity contribution >= 4 is 28.4 Å². The number of anilines is 3. The Morgan fingerprint density at radius 1 is 1.00 bits per heavy atom. The number of hydrogen-bond donors (Lipinski definition) is 2. The predicted molar refractivity (Wildman–Crippen MR) is 145 cm³/mol. The molecule has 1 aromatic carbocycles. The van der Waals surface area contributed by atoms with Crippen LogP contribution in [0.5, 0.6) is 0 Å². The summed E-state index contributed by atoms with van der Waals surface area (Å²) >= 11 is 0. The van der Waals surface area contributed by atoms with Crippen LogP contribution in [0.2, 0.25) is 0 Å². The minimum absolute atomic E-state index is 0.538. The van der Waals surface area contributed by atoms with Gasteiger partial charge in [0, 0.05) is 54.8 Å². The van der Waals surface area contributed by atoms with Crippen LogP contribution in [0.4, 0.5) is 17.3 Å². The molecule has 4 aromatic rings. The summed E-state index contributed by atoms with van der Waals surface area (Å²) in [5, 5.41) is 14.8. The van der Waals surface area contributed by atoms with Gasteiger partial charge in [0.25, 0.3) is 0 Å². The quantitative estimate of drug-likeness (QED) is 0.399. The van der Waals surface area contributed by atoms with Crippen molar-refractivity contribution in [2.24, 2.45) is 0 Å². The van der Waals surface area contributed by atoms with Gasteiger partial charge < -0.3 is 20.2 Å². The maximum Gasteiger partial charge on any atom is 0.229 e. The lowest BCUT2D eigenvalue weighted by Gasteiger charge is -2.34. The first-order valence-corrected chi connectivity index (χ1v) is 12.7. The van der Waals surface area contributed by atoms with Crippen LogP contribution in [0.15, 0.2) is 54.7 Å². The fourth-order valence-electron chi connectivity index (χ4n) is 4.64. The van der Waals surface area contributed by atoms with Crippen LogP contribution in [0.1, 0.15) is 38.6 Å². The van der Waals surface area contributed by atoms with Gasteiger partial charge in [-0.05, 0) is 69.8 Å². The van der Waals surface area contributed by atoms with Crippen LogP contribution in [0.25, 0.3) is 16.9 Å². The number of likely N-dealkylation sites (N-methyl/N-ethyl adjacent to an activating group) is 1. The number of nitrogens with zero attached hydrogens (tertiary/aromatic N) is 6. The largest absolute Gasteiger partial charge is 0.384 e. The minimum atomic E-state index is -1.03. The summed E-state index contributed by atoms with van der Waals surface area (Å²) in [5.41, 5.74) is 3.70. The molecule has 1 aliphatic heterocycles. The highest BCUT2D eigenvalue weighted by Crippen LogP contribution is 2.27. The molecule has 0 aliphatic carbocycles. The van der Waals surface area contributed by atoms with E-state index in [0.29, 0.717) is 11.6 Å². The van der Waals surface area contributed by atoms with E-state index in [0.717, 1.165) is 67.3 Å². The number of rotatable bonds is 7. The highest BCUT2D eigenvalue weighted by Gasteiger charge is 2.20. The Morgan fingerprint density at radius 2 is 1.75 bits per heavy atom. The molecule has 0 atom stereocenters. The molecule has 4 heterocycles. The molecule has 8 nitrogen and oxygen atoms in total. The molecule has 188 valence electrons. The molecule has 0 amide bonds. The minimum Gasteiger partial charge on any atom is -0.384 e. The molecule has 8 heteroatoms. The van der Waals surface area contributed by atoms with Gasteiger partial charge in [-0.2, -0.15) is 4.98 Å². The van der Waals surface area contributed by atoms with E-state index in [1.165, 1.54) is 5.69 Å². The molecule has 36 heavy (non-hydrogen) atoms. The van der Waals surface area contributed by atoms with Crippen molar-refractivity contribution in [2.75, 3.05) is 43.4 Å². The van der Waals surface area contributed by atoms with E-state index in [2.05, 4.69) is 69.0 Å². The highest BCUT2D eigenvalue weighted by molar-refractivity contribution is 5.80. The molecular weight excluding hydrogens is 450 g/mol. The third kappa shape index (κ3) is 5.05. The maximum atomic E-state index is 10.5. The van der Waals surface area contributed by atoms with Crippen molar-refractivity contribution in [1.82, 2.24) is 24.4 Å². The Balaban J connectivity index is 1.45. The summed E-state index contributed by atoms with van der Waals surface area (Å²) in [7, 11) is 2.17. The zero-order chi connectivity index (χ0) is 25.3. The zero-order valence-electron chi connectivity index (χ0n) is 21.6. The Labute approximate surface area is 212 Å². The van der Waals surface area contributed by atoms with E-state index < -0.39 is 5.60 Å². The number of fused-ring (bicyclic) bond motifs is 1. The fraction of sp³-hybridized carbons (Fsp3) is 0.393. The molecule has 0 spiro atoms. The van der Waals surface area contributed by atoms with Gasteiger partial charge in [0.2, 0.25) is 5.95 Å². The number of hydrogen-bond acceptors (Lipinski definition) is 7. The normalized spacial score (nSPS) is 15.0. The van der Waals surface area contributed by atoms with Gasteiger partial charge in [-0.1, -0.05) is 19.4 Å². The van der Waals surface area contributed by atoms with Gasteiger partial charge in [0.15, 0.2) is 5.65 Å². The summed E-state index contributed by atoms with van der Waals surface area (Å²) in [5.74, 6) is 1.28. The number of aliphatic hydroxyl groups is 1. The lowest BCUT2D eigenvalue weighted by molar-refractivity contribution is 0.0738. The molecule has 3 aromatic heterocycles. The lowest BCUT2D eigenvalue weighted by Crippen LogP contribution is -2.44. The van der Waals surface area contributed by atoms with E-state index in [-0.39, 0.29) is 0 Å². The fourth-order valence-corrected chi connectivity index (χ4v) is 4.64. The van der Waals surface area contributed by atoms with E-state index in [4.69, 9.17) is 9.97 Å². The van der Waals surface area contributed by atoms with Crippen LogP contribution in [-0.2, 0) is 12.0 Å². The average molecular weight is 486 g/mol. The van der Waals surface area contributed by atoms with Crippen molar-refractivity contribution in [2.45, 2.75) is 39.2 Å². The second kappa shape index (κ2) is 9.87. The van der Waals surface area contributed by atoms with Crippen molar-refractivity contribution in [3.63, 3.8) is 0 Å². The van der Waals surface area contributed by atoms with Gasteiger partial charge in [-0.3, -0.25) is 4.57 Å². The average Bonchev–Trinajstić information content (AvgIpc) is 3.22. The molecule has 0 saturated carbocycles. The molecule has 0 unspecified atom stereocenters. The first-order valence-electron chi connectivity index (χ1n) is 12.7. The molecule has 1 saturated heterocycles. The third-order valence-electron chi connectivity index (χ3n) is 6.71. The van der Waals surface area contributed by atoms with Crippen LogP contribution in [0.3, 0.4) is 0 Å². The van der Waals surface area contributed by atoms with Gasteiger partial charge in [-0.15, -0.1) is 0 Å². The van der Waals surface area contributed by atoms with Gasteiger partial charge >= 0.3 is 0 Å². The van der Waals surface area contributed by atoms with Crippen LogP contribution in [-0.4, -0.2) is 62.8 Å². The molecule has 2 N–H and O–H groups in total. The summed E-state index contributed by atoms with van der Waals surface area (Å²) in [6, 6.07) is 16.3. The summed E-state index contributed by atoms with van der Waals surface area (Å²) in [6.07, 6.45) is 3.75.